The first-order valence-electron chi connectivity index (χ1n) is 8.26. The molecule has 3 rings (SSSR count). The van der Waals surface area contributed by atoms with Gasteiger partial charge in [0.1, 0.15) is 5.76 Å². The second-order valence-electron chi connectivity index (χ2n) is 5.90. The van der Waals surface area contributed by atoms with Crippen LogP contribution in [0.2, 0.25) is 0 Å². The molecular formula is C18H21N3O4. The van der Waals surface area contributed by atoms with E-state index in [0.717, 1.165) is 18.8 Å². The summed E-state index contributed by atoms with van der Waals surface area (Å²) in [7, 11) is 0. The summed E-state index contributed by atoms with van der Waals surface area (Å²) in [5.74, 6) is 0.0221. The van der Waals surface area contributed by atoms with Crippen molar-refractivity contribution in [1.82, 2.24) is 15.2 Å². The summed E-state index contributed by atoms with van der Waals surface area (Å²) < 4.78 is 10.7. The standard InChI is InChI=1S/C18H21N3O4/c1-13-10-14(22)11-17(25-13)18(23)20-12-16(15-4-2-3-5-19-15)21-6-8-24-9-7-21/h2-5,10-11,16H,6-9,12H2,1H3,(H,20,23). The number of aromatic nitrogens is 1. The molecule has 0 aliphatic carbocycles. The minimum absolute atomic E-state index is 0.0201. The van der Waals surface area contributed by atoms with Crippen LogP contribution in [0.3, 0.4) is 0 Å². The van der Waals surface area contributed by atoms with E-state index >= 15 is 0 Å². The van der Waals surface area contributed by atoms with E-state index in [1.807, 2.05) is 18.2 Å². The van der Waals surface area contributed by atoms with Crippen LogP contribution in [0.5, 0.6) is 0 Å². The first-order chi connectivity index (χ1) is 12.1. The number of aryl methyl sites for hydroxylation is 1. The highest BCUT2D eigenvalue weighted by Crippen LogP contribution is 2.19. The molecule has 25 heavy (non-hydrogen) atoms. The third-order valence-electron chi connectivity index (χ3n) is 4.09. The Morgan fingerprint density at radius 2 is 2.12 bits per heavy atom. The van der Waals surface area contributed by atoms with Crippen molar-refractivity contribution in [2.75, 3.05) is 32.8 Å². The van der Waals surface area contributed by atoms with Crippen LogP contribution in [0.15, 0.2) is 45.7 Å². The fourth-order valence-electron chi connectivity index (χ4n) is 2.87. The average molecular weight is 343 g/mol. The molecule has 1 aliphatic rings. The van der Waals surface area contributed by atoms with Gasteiger partial charge < -0.3 is 14.5 Å². The Morgan fingerprint density at radius 1 is 1.32 bits per heavy atom. The zero-order chi connectivity index (χ0) is 17.6. The predicted molar refractivity (Wildman–Crippen MR) is 91.4 cm³/mol. The van der Waals surface area contributed by atoms with Crippen molar-refractivity contribution >= 4 is 5.91 Å². The van der Waals surface area contributed by atoms with E-state index in [1.54, 1.807) is 13.1 Å². The molecule has 0 aromatic carbocycles. The van der Waals surface area contributed by atoms with E-state index in [1.165, 1.54) is 12.1 Å². The highest BCUT2D eigenvalue weighted by Gasteiger charge is 2.24. The van der Waals surface area contributed by atoms with Gasteiger partial charge in [0.05, 0.1) is 24.9 Å². The molecule has 0 bridgehead atoms. The summed E-state index contributed by atoms with van der Waals surface area (Å²) in [6.45, 7) is 4.87. The molecule has 1 aliphatic heterocycles. The van der Waals surface area contributed by atoms with Crippen LogP contribution in [0.4, 0.5) is 0 Å². The molecule has 7 heteroatoms. The zero-order valence-corrected chi connectivity index (χ0v) is 14.1. The second kappa shape index (κ2) is 8.04. The lowest BCUT2D eigenvalue weighted by Crippen LogP contribution is -2.44. The number of carbonyl (C=O) groups is 1. The first kappa shape index (κ1) is 17.3. The van der Waals surface area contributed by atoms with E-state index < -0.39 is 5.91 Å². The summed E-state index contributed by atoms with van der Waals surface area (Å²) in [6.07, 6.45) is 1.74. The summed E-state index contributed by atoms with van der Waals surface area (Å²) >= 11 is 0. The molecule has 7 nitrogen and oxygen atoms in total. The molecule has 0 saturated carbocycles. The number of ether oxygens (including phenoxy) is 1. The van der Waals surface area contributed by atoms with Crippen molar-refractivity contribution in [3.05, 3.63) is 64.0 Å². The lowest BCUT2D eigenvalue weighted by Gasteiger charge is -2.34. The molecule has 132 valence electrons. The topological polar surface area (TPSA) is 84.7 Å². The fraction of sp³-hybridized carbons (Fsp3) is 0.389. The van der Waals surface area contributed by atoms with Crippen molar-refractivity contribution in [3.63, 3.8) is 0 Å². The number of nitrogens with one attached hydrogen (secondary N) is 1. The number of pyridine rings is 1. The molecule has 1 amide bonds. The highest BCUT2D eigenvalue weighted by molar-refractivity contribution is 5.91. The predicted octanol–water partition coefficient (Wildman–Crippen LogP) is 1.15. The average Bonchev–Trinajstić information content (AvgIpc) is 2.63. The van der Waals surface area contributed by atoms with Crippen molar-refractivity contribution in [2.24, 2.45) is 0 Å². The van der Waals surface area contributed by atoms with Crippen LogP contribution < -0.4 is 10.7 Å². The highest BCUT2D eigenvalue weighted by atomic mass is 16.5. The van der Waals surface area contributed by atoms with Gasteiger partial charge in [0, 0.05) is 38.0 Å². The Balaban J connectivity index is 1.73. The molecule has 2 aromatic rings. The lowest BCUT2D eigenvalue weighted by molar-refractivity contribution is 0.0153. The molecule has 0 spiro atoms. The van der Waals surface area contributed by atoms with Crippen LogP contribution in [-0.2, 0) is 4.74 Å². The van der Waals surface area contributed by atoms with Gasteiger partial charge in [0.2, 0.25) is 0 Å². The number of amides is 1. The van der Waals surface area contributed by atoms with Gasteiger partial charge in [0.15, 0.2) is 11.2 Å². The largest absolute Gasteiger partial charge is 0.456 e. The number of hydrogen-bond acceptors (Lipinski definition) is 6. The molecule has 1 unspecified atom stereocenters. The molecule has 2 aromatic heterocycles. The van der Waals surface area contributed by atoms with Gasteiger partial charge in [-0.25, -0.2) is 0 Å². The Labute approximate surface area is 145 Å². The Hall–Kier alpha value is -2.51. The Bertz CT molecular complexity index is 769. The Kier molecular flexibility index (Phi) is 5.57. The van der Waals surface area contributed by atoms with E-state index in [2.05, 4.69) is 15.2 Å². The maximum atomic E-state index is 12.4. The van der Waals surface area contributed by atoms with Crippen molar-refractivity contribution in [1.29, 1.82) is 0 Å². The van der Waals surface area contributed by atoms with Gasteiger partial charge in [-0.15, -0.1) is 0 Å². The van der Waals surface area contributed by atoms with Crippen molar-refractivity contribution < 1.29 is 13.9 Å². The lowest BCUT2D eigenvalue weighted by atomic mass is 10.1. The monoisotopic (exact) mass is 343 g/mol. The number of carbonyl (C=O) groups excluding carboxylic acids is 1. The van der Waals surface area contributed by atoms with Crippen molar-refractivity contribution in [3.8, 4) is 0 Å². The van der Waals surface area contributed by atoms with Crippen LogP contribution >= 0.6 is 0 Å². The molecule has 1 atom stereocenters. The zero-order valence-electron chi connectivity index (χ0n) is 14.1. The summed E-state index contributed by atoms with van der Waals surface area (Å²) in [5.41, 5.74) is 0.638. The van der Waals surface area contributed by atoms with E-state index in [0.29, 0.717) is 25.5 Å². The summed E-state index contributed by atoms with van der Waals surface area (Å²) in [4.78, 5) is 30.6. The van der Waals surface area contributed by atoms with Gasteiger partial charge in [-0.1, -0.05) is 6.07 Å². The van der Waals surface area contributed by atoms with E-state index in [-0.39, 0.29) is 17.2 Å². The SMILES string of the molecule is Cc1cc(=O)cc(C(=O)NCC(c2ccccn2)N2CCOCC2)o1. The maximum absolute atomic E-state index is 12.4. The molecule has 3 heterocycles. The third-order valence-corrected chi connectivity index (χ3v) is 4.09. The van der Waals surface area contributed by atoms with Crippen molar-refractivity contribution in [2.45, 2.75) is 13.0 Å². The maximum Gasteiger partial charge on any atom is 0.287 e. The number of hydrogen-bond donors (Lipinski definition) is 1. The molecule has 1 saturated heterocycles. The molecule has 0 radical (unpaired) electrons. The van der Waals surface area contributed by atoms with Crippen LogP contribution in [0.25, 0.3) is 0 Å². The molecular weight excluding hydrogens is 322 g/mol. The number of nitrogens with zero attached hydrogens (tertiary/aromatic N) is 2. The van der Waals surface area contributed by atoms with Gasteiger partial charge in [-0.2, -0.15) is 0 Å². The number of morpholine rings is 1. The number of rotatable bonds is 5. The van der Waals surface area contributed by atoms with Crippen LogP contribution in [-0.4, -0.2) is 48.6 Å². The smallest absolute Gasteiger partial charge is 0.287 e. The molecule has 1 fully saturated rings. The summed E-state index contributed by atoms with van der Waals surface area (Å²) in [5, 5.41) is 2.86. The van der Waals surface area contributed by atoms with Gasteiger partial charge in [-0.3, -0.25) is 19.5 Å². The van der Waals surface area contributed by atoms with Crippen LogP contribution in [0.1, 0.15) is 28.1 Å². The van der Waals surface area contributed by atoms with Gasteiger partial charge >= 0.3 is 0 Å². The second-order valence-corrected chi connectivity index (χ2v) is 5.90. The quantitative estimate of drug-likeness (QED) is 0.877. The van der Waals surface area contributed by atoms with E-state index in [4.69, 9.17) is 9.15 Å². The fourth-order valence-corrected chi connectivity index (χ4v) is 2.87. The van der Waals surface area contributed by atoms with Crippen LogP contribution in [0, 0.1) is 6.92 Å². The summed E-state index contributed by atoms with van der Waals surface area (Å²) in [6, 6.07) is 8.22. The molecule has 1 N–H and O–H groups in total. The normalized spacial score (nSPS) is 16.4. The first-order valence-corrected chi connectivity index (χ1v) is 8.26. The minimum atomic E-state index is -0.407. The Morgan fingerprint density at radius 3 is 2.80 bits per heavy atom. The minimum Gasteiger partial charge on any atom is -0.456 e. The van der Waals surface area contributed by atoms with E-state index in [9.17, 15) is 9.59 Å². The van der Waals surface area contributed by atoms with Gasteiger partial charge in [0.25, 0.3) is 5.91 Å². The third kappa shape index (κ3) is 4.52. The van der Waals surface area contributed by atoms with Gasteiger partial charge in [-0.05, 0) is 19.1 Å².